The second-order valence-electron chi connectivity index (χ2n) is 9.89. The quantitative estimate of drug-likeness (QED) is 0.581. The second-order valence-corrected chi connectivity index (χ2v) is 9.89. The van der Waals surface area contributed by atoms with E-state index >= 15 is 0 Å². The number of amides is 2. The Morgan fingerprint density at radius 2 is 1.65 bits per heavy atom. The third kappa shape index (κ3) is 4.15. The Hall–Kier alpha value is -3.35. The van der Waals surface area contributed by atoms with Crippen LogP contribution in [0, 0.1) is 23.7 Å². The van der Waals surface area contributed by atoms with E-state index < -0.39 is 18.0 Å². The largest absolute Gasteiger partial charge is 0.481 e. The number of carboxylic acids is 1. The minimum absolute atomic E-state index is 0.0244. The lowest BCUT2D eigenvalue weighted by atomic mass is 9.71. The Labute approximate surface area is 198 Å². The van der Waals surface area contributed by atoms with Gasteiger partial charge in [-0.15, -0.1) is 0 Å². The molecule has 0 saturated heterocycles. The van der Waals surface area contributed by atoms with Gasteiger partial charge in [-0.2, -0.15) is 0 Å². The summed E-state index contributed by atoms with van der Waals surface area (Å²) >= 11 is 0. The molecule has 178 valence electrons. The highest BCUT2D eigenvalue weighted by molar-refractivity contribution is 5.80. The first-order valence-electron chi connectivity index (χ1n) is 12.0. The predicted octanol–water partition coefficient (Wildman–Crippen LogP) is 3.78. The van der Waals surface area contributed by atoms with Crippen molar-refractivity contribution in [3.63, 3.8) is 0 Å². The number of carbonyl (C=O) groups is 3. The van der Waals surface area contributed by atoms with E-state index in [1.807, 2.05) is 24.3 Å². The smallest absolute Gasteiger partial charge is 0.407 e. The van der Waals surface area contributed by atoms with Gasteiger partial charge in [0.1, 0.15) is 6.61 Å². The predicted molar refractivity (Wildman–Crippen MR) is 126 cm³/mol. The number of ether oxygens (including phenoxy) is 1. The van der Waals surface area contributed by atoms with Crippen LogP contribution in [-0.4, -0.2) is 42.3 Å². The average Bonchev–Trinajstić information content (AvgIpc) is 3.34. The van der Waals surface area contributed by atoms with Crippen LogP contribution in [0.25, 0.3) is 11.1 Å². The number of alkyl carbamates (subject to hydrolysis) is 1. The molecule has 2 aromatic carbocycles. The Bertz CT molecular complexity index is 1070. The highest BCUT2D eigenvalue weighted by Crippen LogP contribution is 2.50. The maximum absolute atomic E-state index is 12.6. The number of benzene rings is 2. The van der Waals surface area contributed by atoms with Gasteiger partial charge in [-0.1, -0.05) is 55.5 Å². The number of hydrogen-bond donors (Lipinski definition) is 3. The van der Waals surface area contributed by atoms with Crippen LogP contribution < -0.4 is 10.6 Å². The van der Waals surface area contributed by atoms with Crippen molar-refractivity contribution < 1.29 is 24.2 Å². The number of rotatable bonds is 7. The SMILES string of the molecule is CC(CNC(=O)C1C[C@@H]2C[C@H](NC(=O)OCC3c4ccccc4-c4ccccc43)[C@@H]2C1)C(=O)O. The molecule has 5 rings (SSSR count). The summed E-state index contributed by atoms with van der Waals surface area (Å²) in [5.41, 5.74) is 4.76. The molecule has 2 amide bonds. The molecule has 3 aliphatic rings. The summed E-state index contributed by atoms with van der Waals surface area (Å²) in [4.78, 5) is 36.0. The molecule has 3 N–H and O–H groups in total. The third-order valence-electron chi connectivity index (χ3n) is 7.84. The monoisotopic (exact) mass is 462 g/mol. The van der Waals surface area contributed by atoms with Crippen molar-refractivity contribution in [2.24, 2.45) is 23.7 Å². The van der Waals surface area contributed by atoms with E-state index in [4.69, 9.17) is 9.84 Å². The Morgan fingerprint density at radius 3 is 2.29 bits per heavy atom. The van der Waals surface area contributed by atoms with Crippen LogP contribution in [0.15, 0.2) is 48.5 Å². The maximum atomic E-state index is 12.6. The second kappa shape index (κ2) is 9.12. The van der Waals surface area contributed by atoms with Gasteiger partial charge in [-0.05, 0) is 53.4 Å². The van der Waals surface area contributed by atoms with Crippen LogP contribution in [0.4, 0.5) is 4.79 Å². The molecule has 0 spiro atoms. The molecule has 0 aliphatic heterocycles. The molecule has 2 fully saturated rings. The van der Waals surface area contributed by atoms with Crippen molar-refractivity contribution in [3.05, 3.63) is 59.7 Å². The van der Waals surface area contributed by atoms with Gasteiger partial charge in [-0.25, -0.2) is 4.79 Å². The Kier molecular flexibility index (Phi) is 6.02. The fourth-order valence-electron chi connectivity index (χ4n) is 5.88. The molecule has 3 aliphatic carbocycles. The molecular weight excluding hydrogens is 432 g/mol. The van der Waals surface area contributed by atoms with Crippen LogP contribution in [0.1, 0.15) is 43.2 Å². The molecule has 0 radical (unpaired) electrons. The van der Waals surface area contributed by atoms with E-state index in [2.05, 4.69) is 34.9 Å². The molecule has 7 nitrogen and oxygen atoms in total. The lowest BCUT2D eigenvalue weighted by Gasteiger charge is -2.40. The summed E-state index contributed by atoms with van der Waals surface area (Å²) in [5, 5.41) is 14.8. The van der Waals surface area contributed by atoms with Crippen molar-refractivity contribution in [2.75, 3.05) is 13.2 Å². The molecule has 2 aromatic rings. The van der Waals surface area contributed by atoms with E-state index in [-0.39, 0.29) is 42.9 Å². The molecule has 5 atom stereocenters. The minimum Gasteiger partial charge on any atom is -0.481 e. The first-order valence-corrected chi connectivity index (χ1v) is 12.0. The molecule has 2 unspecified atom stereocenters. The lowest BCUT2D eigenvalue weighted by molar-refractivity contribution is -0.141. The summed E-state index contributed by atoms with van der Waals surface area (Å²) in [6.45, 7) is 2.00. The van der Waals surface area contributed by atoms with Crippen molar-refractivity contribution in [2.45, 2.75) is 38.1 Å². The van der Waals surface area contributed by atoms with Crippen LogP contribution in [-0.2, 0) is 14.3 Å². The molecule has 0 bridgehead atoms. The summed E-state index contributed by atoms with van der Waals surface area (Å²) in [6, 6.07) is 16.5. The number of fused-ring (bicyclic) bond motifs is 4. The zero-order valence-electron chi connectivity index (χ0n) is 19.2. The molecular formula is C27H30N2O5. The number of carboxylic acid groups (broad SMARTS) is 1. The third-order valence-corrected chi connectivity index (χ3v) is 7.84. The van der Waals surface area contributed by atoms with Gasteiger partial charge in [0.15, 0.2) is 0 Å². The van der Waals surface area contributed by atoms with Crippen molar-refractivity contribution in [3.8, 4) is 11.1 Å². The Balaban J connectivity index is 1.12. The van der Waals surface area contributed by atoms with Gasteiger partial charge in [0.2, 0.25) is 5.91 Å². The number of carbonyl (C=O) groups excluding carboxylic acids is 2. The van der Waals surface area contributed by atoms with Crippen LogP contribution >= 0.6 is 0 Å². The lowest BCUT2D eigenvalue weighted by Crippen LogP contribution is -2.50. The van der Waals surface area contributed by atoms with Crippen molar-refractivity contribution in [1.29, 1.82) is 0 Å². The number of aliphatic carboxylic acids is 1. The van der Waals surface area contributed by atoms with E-state index in [0.717, 1.165) is 12.8 Å². The van der Waals surface area contributed by atoms with Gasteiger partial charge in [0, 0.05) is 24.4 Å². The molecule has 34 heavy (non-hydrogen) atoms. The summed E-state index contributed by atoms with van der Waals surface area (Å²) in [5.74, 6) is -1.00. The average molecular weight is 463 g/mol. The van der Waals surface area contributed by atoms with Gasteiger partial charge < -0.3 is 20.5 Å². The maximum Gasteiger partial charge on any atom is 0.407 e. The van der Waals surface area contributed by atoms with Crippen molar-refractivity contribution in [1.82, 2.24) is 10.6 Å². The fraction of sp³-hybridized carbons (Fsp3) is 0.444. The van der Waals surface area contributed by atoms with E-state index in [1.54, 1.807) is 6.92 Å². The summed E-state index contributed by atoms with van der Waals surface area (Å²) in [6.07, 6.45) is 1.95. The highest BCUT2D eigenvalue weighted by atomic mass is 16.5. The fourth-order valence-corrected chi connectivity index (χ4v) is 5.88. The van der Waals surface area contributed by atoms with Crippen LogP contribution in [0.2, 0.25) is 0 Å². The van der Waals surface area contributed by atoms with Gasteiger partial charge in [-0.3, -0.25) is 9.59 Å². The zero-order chi connectivity index (χ0) is 23.8. The Morgan fingerprint density at radius 1 is 1.00 bits per heavy atom. The molecule has 2 saturated carbocycles. The normalized spacial score (nSPS) is 25.3. The topological polar surface area (TPSA) is 105 Å². The van der Waals surface area contributed by atoms with Crippen LogP contribution in [0.3, 0.4) is 0 Å². The zero-order valence-corrected chi connectivity index (χ0v) is 19.2. The van der Waals surface area contributed by atoms with Crippen molar-refractivity contribution >= 4 is 18.0 Å². The number of hydrogen-bond acceptors (Lipinski definition) is 4. The summed E-state index contributed by atoms with van der Waals surface area (Å²) in [7, 11) is 0. The van der Waals surface area contributed by atoms with E-state index in [1.165, 1.54) is 22.3 Å². The first-order chi connectivity index (χ1) is 16.4. The minimum atomic E-state index is -0.917. The van der Waals surface area contributed by atoms with Crippen LogP contribution in [0.5, 0.6) is 0 Å². The first kappa shape index (κ1) is 22.4. The molecule has 7 heteroatoms. The van der Waals surface area contributed by atoms with Gasteiger partial charge in [0.25, 0.3) is 0 Å². The van der Waals surface area contributed by atoms with Gasteiger partial charge >= 0.3 is 12.1 Å². The van der Waals surface area contributed by atoms with E-state index in [0.29, 0.717) is 12.3 Å². The van der Waals surface area contributed by atoms with Gasteiger partial charge in [0.05, 0.1) is 5.92 Å². The number of nitrogens with one attached hydrogen (secondary N) is 2. The molecule has 0 heterocycles. The van der Waals surface area contributed by atoms with E-state index in [9.17, 15) is 14.4 Å². The molecule has 0 aromatic heterocycles. The summed E-state index contributed by atoms with van der Waals surface area (Å²) < 4.78 is 5.67. The standard InChI is InChI=1S/C27H30N2O5/c1-15(26(31)32)13-28-25(30)17-10-16-12-24(22(16)11-17)29-27(33)34-14-23-20-8-4-2-6-18(20)19-7-3-5-9-21(19)23/h2-9,15-17,22-24H,10-14H2,1H3,(H,28,30)(H,29,33)(H,31,32)/t15?,16-,17?,22-,24+/m1/s1. The highest BCUT2D eigenvalue weighted by Gasteiger charge is 2.50.